The van der Waals surface area contributed by atoms with E-state index < -0.39 is 5.97 Å². The molecule has 20 heavy (non-hydrogen) atoms. The Labute approximate surface area is 122 Å². The van der Waals surface area contributed by atoms with Crippen LogP contribution in [0.4, 0.5) is 0 Å². The number of benzene rings is 1. The van der Waals surface area contributed by atoms with Crippen molar-refractivity contribution >= 4 is 17.7 Å². The third-order valence-electron chi connectivity index (χ3n) is 2.91. The molecule has 0 bridgehead atoms. The minimum atomic E-state index is -0.985. The fourth-order valence-corrected chi connectivity index (χ4v) is 2.73. The van der Waals surface area contributed by atoms with Gasteiger partial charge >= 0.3 is 5.97 Å². The molecule has 0 spiro atoms. The molecule has 2 rings (SSSR count). The van der Waals surface area contributed by atoms with E-state index in [9.17, 15) is 9.90 Å². The number of thioether (sulfide) groups is 1. The highest BCUT2D eigenvalue weighted by Crippen LogP contribution is 2.29. The van der Waals surface area contributed by atoms with Crippen molar-refractivity contribution in [3.8, 4) is 11.3 Å². The van der Waals surface area contributed by atoms with Crippen LogP contribution >= 0.6 is 11.8 Å². The Morgan fingerprint density at radius 2 is 2.00 bits per heavy atom. The first-order chi connectivity index (χ1) is 9.54. The van der Waals surface area contributed by atoms with Gasteiger partial charge in [-0.25, -0.2) is 9.78 Å². The number of aromatic carboxylic acids is 1. The molecular formula is C15H18N2O2S. The second-order valence-corrected chi connectivity index (χ2v) is 5.74. The Morgan fingerprint density at radius 1 is 1.35 bits per heavy atom. The van der Waals surface area contributed by atoms with E-state index >= 15 is 0 Å². The molecule has 1 N–H and O–H groups in total. The first-order valence-electron chi connectivity index (χ1n) is 6.47. The number of hydrogen-bond acceptors (Lipinski definition) is 3. The van der Waals surface area contributed by atoms with Gasteiger partial charge in [-0.1, -0.05) is 55.9 Å². The number of carboxylic acids is 1. The minimum absolute atomic E-state index is 0.126. The second kappa shape index (κ2) is 6.13. The van der Waals surface area contributed by atoms with E-state index in [4.69, 9.17) is 0 Å². The molecule has 0 amide bonds. The lowest BCUT2D eigenvalue weighted by atomic mass is 10.1. The first kappa shape index (κ1) is 14.7. The number of rotatable bonds is 5. The van der Waals surface area contributed by atoms with Gasteiger partial charge in [0.25, 0.3) is 0 Å². The summed E-state index contributed by atoms with van der Waals surface area (Å²) in [6.45, 7) is 4.97. The van der Waals surface area contributed by atoms with Crippen molar-refractivity contribution in [1.29, 1.82) is 0 Å². The van der Waals surface area contributed by atoms with Crippen molar-refractivity contribution in [1.82, 2.24) is 9.55 Å². The Balaban J connectivity index is 2.67. The van der Waals surface area contributed by atoms with Gasteiger partial charge in [0.15, 0.2) is 10.9 Å². The Kier molecular flexibility index (Phi) is 4.49. The molecule has 0 radical (unpaired) electrons. The maximum absolute atomic E-state index is 11.5. The molecule has 0 unspecified atom stereocenters. The number of imidazole rings is 1. The zero-order valence-electron chi connectivity index (χ0n) is 11.8. The van der Waals surface area contributed by atoms with E-state index in [1.807, 2.05) is 41.2 Å². The highest BCUT2D eigenvalue weighted by molar-refractivity contribution is 7.98. The number of hydrogen-bond donors (Lipinski definition) is 1. The summed E-state index contributed by atoms with van der Waals surface area (Å²) in [5.41, 5.74) is 1.70. The lowest BCUT2D eigenvalue weighted by Crippen LogP contribution is -2.08. The van der Waals surface area contributed by atoms with Gasteiger partial charge in [0.05, 0.1) is 5.69 Å². The fraction of sp³-hybridized carbons (Fsp3) is 0.333. The summed E-state index contributed by atoms with van der Waals surface area (Å²) < 4.78 is 2.01. The van der Waals surface area contributed by atoms with Gasteiger partial charge in [0, 0.05) is 12.1 Å². The molecule has 0 saturated heterocycles. The van der Waals surface area contributed by atoms with Crippen LogP contribution in [0.2, 0.25) is 0 Å². The predicted molar refractivity (Wildman–Crippen MR) is 81.2 cm³/mol. The molecule has 0 saturated carbocycles. The normalized spacial score (nSPS) is 11.0. The molecule has 106 valence electrons. The van der Waals surface area contributed by atoms with Crippen molar-refractivity contribution in [3.63, 3.8) is 0 Å². The SMILES string of the molecule is CSc1nc(C(=O)O)c(-c2ccccc2)n1CC(C)C. The van der Waals surface area contributed by atoms with Crippen LogP contribution in [-0.4, -0.2) is 26.9 Å². The fourth-order valence-electron chi connectivity index (χ4n) is 2.16. The largest absolute Gasteiger partial charge is 0.476 e. The highest BCUT2D eigenvalue weighted by Gasteiger charge is 2.23. The van der Waals surface area contributed by atoms with Crippen LogP contribution in [0.25, 0.3) is 11.3 Å². The summed E-state index contributed by atoms with van der Waals surface area (Å²) in [6.07, 6.45) is 1.92. The average Bonchev–Trinajstić information content (AvgIpc) is 2.77. The Bertz CT molecular complexity index is 606. The summed E-state index contributed by atoms with van der Waals surface area (Å²) in [5.74, 6) is -0.569. The summed E-state index contributed by atoms with van der Waals surface area (Å²) >= 11 is 1.47. The van der Waals surface area contributed by atoms with Gasteiger partial charge in [-0.2, -0.15) is 0 Å². The molecule has 1 heterocycles. The summed E-state index contributed by atoms with van der Waals surface area (Å²) in [7, 11) is 0. The number of carboxylic acid groups (broad SMARTS) is 1. The topological polar surface area (TPSA) is 55.1 Å². The average molecular weight is 290 g/mol. The Morgan fingerprint density at radius 3 is 2.50 bits per heavy atom. The molecule has 0 atom stereocenters. The van der Waals surface area contributed by atoms with Crippen LogP contribution in [0.1, 0.15) is 24.3 Å². The van der Waals surface area contributed by atoms with Crippen LogP contribution in [0.3, 0.4) is 0 Å². The van der Waals surface area contributed by atoms with E-state index in [-0.39, 0.29) is 5.69 Å². The molecule has 0 aliphatic carbocycles. The third kappa shape index (κ3) is 2.88. The van der Waals surface area contributed by atoms with Gasteiger partial charge in [0.1, 0.15) is 0 Å². The van der Waals surface area contributed by atoms with E-state index in [0.29, 0.717) is 11.6 Å². The highest BCUT2D eigenvalue weighted by atomic mass is 32.2. The molecule has 1 aromatic carbocycles. The predicted octanol–water partition coefficient (Wildman–Crippen LogP) is 3.63. The molecule has 0 fully saturated rings. The maximum Gasteiger partial charge on any atom is 0.356 e. The lowest BCUT2D eigenvalue weighted by molar-refractivity contribution is 0.0691. The van der Waals surface area contributed by atoms with Crippen molar-refractivity contribution in [3.05, 3.63) is 36.0 Å². The first-order valence-corrected chi connectivity index (χ1v) is 7.70. The van der Waals surface area contributed by atoms with E-state index in [1.165, 1.54) is 11.8 Å². The van der Waals surface area contributed by atoms with Crippen molar-refractivity contribution in [2.75, 3.05) is 6.26 Å². The molecule has 4 nitrogen and oxygen atoms in total. The molecule has 2 aromatic rings. The van der Waals surface area contributed by atoms with E-state index in [0.717, 1.165) is 17.3 Å². The summed E-state index contributed by atoms with van der Waals surface area (Å²) in [6, 6.07) is 9.58. The monoisotopic (exact) mass is 290 g/mol. The minimum Gasteiger partial charge on any atom is -0.476 e. The van der Waals surface area contributed by atoms with Crippen LogP contribution in [-0.2, 0) is 6.54 Å². The van der Waals surface area contributed by atoms with E-state index in [1.54, 1.807) is 0 Å². The molecule has 0 aliphatic rings. The van der Waals surface area contributed by atoms with Gasteiger partial charge in [-0.05, 0) is 12.2 Å². The van der Waals surface area contributed by atoms with Crippen molar-refractivity contribution < 1.29 is 9.90 Å². The number of nitrogens with zero attached hydrogens (tertiary/aromatic N) is 2. The van der Waals surface area contributed by atoms with Crippen molar-refractivity contribution in [2.24, 2.45) is 5.92 Å². The van der Waals surface area contributed by atoms with Crippen molar-refractivity contribution in [2.45, 2.75) is 25.5 Å². The van der Waals surface area contributed by atoms with E-state index in [2.05, 4.69) is 18.8 Å². The van der Waals surface area contributed by atoms with Crippen LogP contribution in [0, 0.1) is 5.92 Å². The Hall–Kier alpha value is -1.75. The lowest BCUT2D eigenvalue weighted by Gasteiger charge is -2.13. The van der Waals surface area contributed by atoms with Gasteiger partial charge in [-0.15, -0.1) is 0 Å². The third-order valence-corrected chi connectivity index (χ3v) is 3.59. The standard InChI is InChI=1S/C15H18N2O2S/c1-10(2)9-17-13(11-7-5-4-6-8-11)12(14(18)19)16-15(17)20-3/h4-8,10H,9H2,1-3H3,(H,18,19). The molecular weight excluding hydrogens is 272 g/mol. The van der Waals surface area contributed by atoms with Crippen LogP contribution in [0.15, 0.2) is 35.5 Å². The van der Waals surface area contributed by atoms with Gasteiger partial charge in [-0.3, -0.25) is 0 Å². The van der Waals surface area contributed by atoms with Crippen LogP contribution < -0.4 is 0 Å². The van der Waals surface area contributed by atoms with Crippen LogP contribution in [0.5, 0.6) is 0 Å². The second-order valence-electron chi connectivity index (χ2n) is 4.97. The molecule has 1 aromatic heterocycles. The summed E-state index contributed by atoms with van der Waals surface area (Å²) in [4.78, 5) is 15.8. The summed E-state index contributed by atoms with van der Waals surface area (Å²) in [5, 5.41) is 10.2. The van der Waals surface area contributed by atoms with Gasteiger partial charge < -0.3 is 9.67 Å². The zero-order chi connectivity index (χ0) is 14.7. The smallest absolute Gasteiger partial charge is 0.356 e. The molecule has 0 aliphatic heterocycles. The molecule has 5 heteroatoms. The maximum atomic E-state index is 11.5. The van der Waals surface area contributed by atoms with Gasteiger partial charge in [0.2, 0.25) is 0 Å². The zero-order valence-corrected chi connectivity index (χ0v) is 12.6. The quantitative estimate of drug-likeness (QED) is 0.854. The number of aromatic nitrogens is 2. The number of carbonyl (C=O) groups is 1.